The van der Waals surface area contributed by atoms with E-state index in [4.69, 9.17) is 16.3 Å². The maximum Gasteiger partial charge on any atom is 0.338 e. The molecule has 118 valence electrons. The Morgan fingerprint density at radius 1 is 1.13 bits per heavy atom. The summed E-state index contributed by atoms with van der Waals surface area (Å²) in [6, 6.07) is 15.5. The van der Waals surface area contributed by atoms with E-state index in [0.29, 0.717) is 12.2 Å². The number of carbonyl (C=O) groups is 1. The van der Waals surface area contributed by atoms with Crippen molar-refractivity contribution in [2.24, 2.45) is 0 Å². The third kappa shape index (κ3) is 3.57. The van der Waals surface area contributed by atoms with Gasteiger partial charge in [0, 0.05) is 28.7 Å². The van der Waals surface area contributed by atoms with Gasteiger partial charge in [-0.1, -0.05) is 30.7 Å². The number of hydrogen-bond acceptors (Lipinski definition) is 2. The van der Waals surface area contributed by atoms with Gasteiger partial charge in [0.1, 0.15) is 0 Å². The van der Waals surface area contributed by atoms with Crippen molar-refractivity contribution in [2.45, 2.75) is 19.9 Å². The van der Waals surface area contributed by atoms with E-state index in [1.807, 2.05) is 55.6 Å². The molecule has 0 saturated heterocycles. The van der Waals surface area contributed by atoms with Gasteiger partial charge in [0.2, 0.25) is 0 Å². The fourth-order valence-corrected chi connectivity index (χ4v) is 2.71. The maximum atomic E-state index is 11.8. The minimum atomic E-state index is -0.264. The Hall–Kier alpha value is -2.26. The van der Waals surface area contributed by atoms with E-state index < -0.39 is 0 Å². The van der Waals surface area contributed by atoms with Crippen molar-refractivity contribution in [2.75, 3.05) is 6.61 Å². The maximum absolute atomic E-state index is 11.8. The van der Waals surface area contributed by atoms with Crippen LogP contribution < -0.4 is 0 Å². The fourth-order valence-electron chi connectivity index (χ4n) is 2.53. The molecule has 1 aromatic heterocycles. The number of aromatic nitrogens is 1. The van der Waals surface area contributed by atoms with Crippen LogP contribution in [0.2, 0.25) is 5.02 Å². The number of esters is 1. The topological polar surface area (TPSA) is 31.2 Å². The lowest BCUT2D eigenvalue weighted by Crippen LogP contribution is -2.06. The van der Waals surface area contributed by atoms with E-state index in [2.05, 4.69) is 10.6 Å². The molecule has 0 aliphatic carbocycles. The lowest BCUT2D eigenvalue weighted by Gasteiger charge is -2.07. The summed E-state index contributed by atoms with van der Waals surface area (Å²) < 4.78 is 7.30. The molecule has 0 aliphatic heterocycles. The van der Waals surface area contributed by atoms with Crippen LogP contribution in [0.1, 0.15) is 29.3 Å². The van der Waals surface area contributed by atoms with E-state index in [0.717, 1.165) is 34.5 Å². The summed E-state index contributed by atoms with van der Waals surface area (Å²) >= 11 is 6.02. The van der Waals surface area contributed by atoms with Crippen molar-refractivity contribution in [3.63, 3.8) is 0 Å². The molecule has 0 N–H and O–H groups in total. The molecule has 0 atom stereocenters. The molecular formula is C19H18ClNO2. The quantitative estimate of drug-likeness (QED) is 0.623. The van der Waals surface area contributed by atoms with Crippen LogP contribution in [0.3, 0.4) is 0 Å². The molecule has 0 spiro atoms. The standard InChI is InChI=1S/C19H18ClNO2/c1-2-11-23-19(22)15-5-3-14(4-6-15)13-21-10-9-16-12-17(20)7-8-18(16)21/h3-10,12H,2,11,13H2,1H3. The van der Waals surface area contributed by atoms with Crippen LogP contribution in [0.15, 0.2) is 54.7 Å². The first-order valence-electron chi connectivity index (χ1n) is 7.68. The van der Waals surface area contributed by atoms with Gasteiger partial charge in [0.15, 0.2) is 0 Å². The largest absolute Gasteiger partial charge is 0.462 e. The van der Waals surface area contributed by atoms with Crippen molar-refractivity contribution >= 4 is 28.5 Å². The molecule has 0 amide bonds. The zero-order valence-electron chi connectivity index (χ0n) is 13.0. The average molecular weight is 328 g/mol. The van der Waals surface area contributed by atoms with Crippen LogP contribution in [0, 0.1) is 0 Å². The predicted molar refractivity (Wildman–Crippen MR) is 93.1 cm³/mol. The van der Waals surface area contributed by atoms with Crippen LogP contribution in [0.5, 0.6) is 0 Å². The Labute approximate surface area is 140 Å². The van der Waals surface area contributed by atoms with Crippen molar-refractivity contribution in [1.82, 2.24) is 4.57 Å². The second-order valence-electron chi connectivity index (χ2n) is 5.48. The first-order chi connectivity index (χ1) is 11.2. The molecule has 4 heteroatoms. The van der Waals surface area contributed by atoms with Crippen molar-refractivity contribution in [1.29, 1.82) is 0 Å². The van der Waals surface area contributed by atoms with Crippen LogP contribution in [-0.4, -0.2) is 17.1 Å². The molecule has 3 rings (SSSR count). The van der Waals surface area contributed by atoms with Gasteiger partial charge in [-0.3, -0.25) is 0 Å². The van der Waals surface area contributed by atoms with Gasteiger partial charge in [0.05, 0.1) is 12.2 Å². The zero-order chi connectivity index (χ0) is 16.2. The number of carbonyl (C=O) groups excluding carboxylic acids is 1. The number of nitrogens with zero attached hydrogens (tertiary/aromatic N) is 1. The van der Waals surface area contributed by atoms with E-state index in [1.165, 1.54) is 0 Å². The number of halogens is 1. The van der Waals surface area contributed by atoms with Crippen LogP contribution in [0.25, 0.3) is 10.9 Å². The highest BCUT2D eigenvalue weighted by Crippen LogP contribution is 2.21. The predicted octanol–water partition coefficient (Wildman–Crippen LogP) is 4.91. The van der Waals surface area contributed by atoms with E-state index in [1.54, 1.807) is 0 Å². The van der Waals surface area contributed by atoms with Gasteiger partial charge in [-0.05, 0) is 48.4 Å². The van der Waals surface area contributed by atoms with Crippen molar-refractivity contribution in [3.05, 3.63) is 70.9 Å². The minimum Gasteiger partial charge on any atom is -0.462 e. The first kappa shape index (κ1) is 15.6. The summed E-state index contributed by atoms with van der Waals surface area (Å²) in [6.45, 7) is 3.18. The Kier molecular flexibility index (Phi) is 4.68. The van der Waals surface area contributed by atoms with Crippen molar-refractivity contribution < 1.29 is 9.53 Å². The summed E-state index contributed by atoms with van der Waals surface area (Å²) in [5, 5.41) is 1.86. The van der Waals surface area contributed by atoms with Crippen LogP contribution in [-0.2, 0) is 11.3 Å². The fraction of sp³-hybridized carbons (Fsp3) is 0.211. The number of ether oxygens (including phenoxy) is 1. The third-order valence-corrected chi connectivity index (χ3v) is 3.95. The molecule has 0 saturated carbocycles. The van der Waals surface area contributed by atoms with Crippen molar-refractivity contribution in [3.8, 4) is 0 Å². The Balaban J connectivity index is 1.76. The van der Waals surface area contributed by atoms with Gasteiger partial charge in [-0.2, -0.15) is 0 Å². The molecule has 23 heavy (non-hydrogen) atoms. The minimum absolute atomic E-state index is 0.264. The van der Waals surface area contributed by atoms with Crippen LogP contribution >= 0.6 is 11.6 Å². The lowest BCUT2D eigenvalue weighted by atomic mass is 10.1. The van der Waals surface area contributed by atoms with E-state index >= 15 is 0 Å². The highest BCUT2D eigenvalue weighted by atomic mass is 35.5. The number of rotatable bonds is 5. The molecule has 0 fully saturated rings. The molecule has 1 heterocycles. The Morgan fingerprint density at radius 3 is 2.65 bits per heavy atom. The smallest absolute Gasteiger partial charge is 0.338 e. The summed E-state index contributed by atoms with van der Waals surface area (Å²) in [4.78, 5) is 11.8. The Morgan fingerprint density at radius 2 is 1.91 bits per heavy atom. The zero-order valence-corrected chi connectivity index (χ0v) is 13.7. The lowest BCUT2D eigenvalue weighted by molar-refractivity contribution is 0.0505. The monoisotopic (exact) mass is 327 g/mol. The second kappa shape index (κ2) is 6.88. The van der Waals surface area contributed by atoms with Gasteiger partial charge in [-0.15, -0.1) is 0 Å². The molecule has 0 radical (unpaired) electrons. The summed E-state index contributed by atoms with van der Waals surface area (Å²) in [7, 11) is 0. The SMILES string of the molecule is CCCOC(=O)c1ccc(Cn2ccc3cc(Cl)ccc32)cc1. The molecule has 3 aromatic rings. The first-order valence-corrected chi connectivity index (χ1v) is 8.05. The summed E-state index contributed by atoms with van der Waals surface area (Å²) in [5.74, 6) is -0.264. The molecule has 0 aliphatic rings. The molecular weight excluding hydrogens is 310 g/mol. The molecule has 3 nitrogen and oxygen atoms in total. The highest BCUT2D eigenvalue weighted by molar-refractivity contribution is 6.31. The molecule has 0 unspecified atom stereocenters. The second-order valence-corrected chi connectivity index (χ2v) is 5.92. The van der Waals surface area contributed by atoms with Crippen LogP contribution in [0.4, 0.5) is 0 Å². The summed E-state index contributed by atoms with van der Waals surface area (Å²) in [5.41, 5.74) is 2.86. The van der Waals surface area contributed by atoms with Gasteiger partial charge < -0.3 is 9.30 Å². The van der Waals surface area contributed by atoms with E-state index in [9.17, 15) is 4.79 Å². The average Bonchev–Trinajstić information content (AvgIpc) is 2.95. The third-order valence-electron chi connectivity index (χ3n) is 3.71. The molecule has 2 aromatic carbocycles. The highest BCUT2D eigenvalue weighted by Gasteiger charge is 2.07. The summed E-state index contributed by atoms with van der Waals surface area (Å²) in [6.07, 6.45) is 2.87. The number of fused-ring (bicyclic) bond motifs is 1. The van der Waals surface area contributed by atoms with E-state index in [-0.39, 0.29) is 5.97 Å². The van der Waals surface area contributed by atoms with Gasteiger partial charge in [-0.25, -0.2) is 4.79 Å². The number of benzene rings is 2. The number of hydrogen-bond donors (Lipinski definition) is 0. The molecule has 0 bridgehead atoms. The van der Waals surface area contributed by atoms with Gasteiger partial charge >= 0.3 is 5.97 Å². The Bertz CT molecular complexity index is 821. The van der Waals surface area contributed by atoms with Gasteiger partial charge in [0.25, 0.3) is 0 Å². The normalized spacial score (nSPS) is 10.9.